The first-order valence-electron chi connectivity index (χ1n) is 28.7. The van der Waals surface area contributed by atoms with Gasteiger partial charge in [-0.05, 0) is 83.0 Å². The molecule has 10 N–H and O–H groups in total. The molecule has 470 valence electrons. The van der Waals surface area contributed by atoms with Crippen molar-refractivity contribution in [2.45, 2.75) is 139 Å². The summed E-state index contributed by atoms with van der Waals surface area (Å²) in [4.78, 5) is 119. The van der Waals surface area contributed by atoms with Crippen molar-refractivity contribution in [1.82, 2.24) is 31.9 Å². The molecule has 22 nitrogen and oxygen atoms in total. The van der Waals surface area contributed by atoms with E-state index in [1.165, 1.54) is 10.8 Å². The van der Waals surface area contributed by atoms with Gasteiger partial charge >= 0.3 is 36.1 Å². The molecule has 4 aromatic rings. The number of carbonyl (C=O) groups is 10. The lowest BCUT2D eigenvalue weighted by Gasteiger charge is -2.21. The Morgan fingerprint density at radius 2 is 0.839 bits per heavy atom. The second kappa shape index (κ2) is 35.8. The lowest BCUT2D eigenvalue weighted by molar-refractivity contribution is -0.144. The fraction of sp³-hybridized carbons (Fsp3) is 0.452. The van der Waals surface area contributed by atoms with Crippen molar-refractivity contribution in [2.24, 2.45) is 0 Å². The van der Waals surface area contributed by atoms with Crippen LogP contribution in [0.5, 0.6) is 0 Å². The number of hydrogen-bond acceptors (Lipinski definition) is 15. The van der Waals surface area contributed by atoms with Gasteiger partial charge in [0.15, 0.2) is 0 Å². The average molecular weight is 1260 g/mol. The van der Waals surface area contributed by atoms with E-state index in [-0.39, 0.29) is 80.0 Å². The summed E-state index contributed by atoms with van der Waals surface area (Å²) >= 11 is 4.18. The number of ether oxygens (including phenoxy) is 2. The third-order valence-corrected chi connectivity index (χ3v) is 17.7. The second-order valence-electron chi connectivity index (χ2n) is 21.7. The number of fused-ring (bicyclic) bond motifs is 6. The number of hydrogen-bond donors (Lipinski definition) is 11. The topological polar surface area (TPSA) is 342 Å². The zero-order valence-corrected chi connectivity index (χ0v) is 51.4. The molecule has 6 rings (SSSR count). The Kier molecular flexibility index (Phi) is 28.8. The molecule has 2 aliphatic carbocycles. The molecule has 0 spiro atoms. The molecule has 0 bridgehead atoms. The largest absolute Gasteiger partial charge is 0.481 e. The number of aliphatic carboxylic acids is 4. The van der Waals surface area contributed by atoms with Crippen molar-refractivity contribution >= 4 is 93.9 Å². The molecule has 6 amide bonds. The van der Waals surface area contributed by atoms with Crippen molar-refractivity contribution in [3.8, 4) is 22.3 Å². The molecule has 87 heavy (non-hydrogen) atoms. The molecule has 4 unspecified atom stereocenters. The molecule has 4 aromatic carbocycles. The van der Waals surface area contributed by atoms with Crippen LogP contribution in [0.4, 0.5) is 9.59 Å². The summed E-state index contributed by atoms with van der Waals surface area (Å²) in [5.41, 5.74) is 8.85. The predicted molar refractivity (Wildman–Crippen MR) is 333 cm³/mol. The minimum Gasteiger partial charge on any atom is -0.481 e. The minimum atomic E-state index is -1.28. The molecule has 0 aliphatic heterocycles. The normalized spacial score (nSPS) is 13.4. The third-order valence-electron chi connectivity index (χ3n) is 14.0. The lowest BCUT2D eigenvalue weighted by atomic mass is 9.98. The van der Waals surface area contributed by atoms with E-state index >= 15 is 0 Å². The van der Waals surface area contributed by atoms with E-state index in [1.807, 2.05) is 84.9 Å². The Hall–Kier alpha value is -7.77. The van der Waals surface area contributed by atoms with E-state index in [0.717, 1.165) is 44.5 Å². The Balaban J connectivity index is 0.000000319. The second-order valence-corrected chi connectivity index (χ2v) is 25.2. The number of alkyl carbamates (subject to hydrolysis) is 2. The van der Waals surface area contributed by atoms with Gasteiger partial charge in [0, 0.05) is 66.9 Å². The molecule has 25 heteroatoms. The number of thiol groups is 1. The van der Waals surface area contributed by atoms with Gasteiger partial charge in [0.25, 0.3) is 0 Å². The zero-order valence-electron chi connectivity index (χ0n) is 48.9. The first kappa shape index (κ1) is 70.0. The van der Waals surface area contributed by atoms with E-state index in [1.54, 1.807) is 10.8 Å². The number of amides is 6. The molecule has 0 heterocycles. The maximum atomic E-state index is 13.1. The number of carboxylic acid groups (broad SMARTS) is 4. The van der Waals surface area contributed by atoms with Crippen LogP contribution in [0.3, 0.4) is 0 Å². The van der Waals surface area contributed by atoms with Crippen LogP contribution in [0, 0.1) is 0 Å². The van der Waals surface area contributed by atoms with Gasteiger partial charge in [-0.1, -0.05) is 152 Å². The molecule has 4 atom stereocenters. The van der Waals surface area contributed by atoms with Crippen molar-refractivity contribution in [1.29, 1.82) is 0 Å². The minimum absolute atomic E-state index is 0.0392. The highest BCUT2D eigenvalue weighted by Gasteiger charge is 2.32. The van der Waals surface area contributed by atoms with Gasteiger partial charge in [-0.15, -0.1) is 0 Å². The molecular formula is C62H78N6O16S3. The highest BCUT2D eigenvalue weighted by atomic mass is 33.1. The van der Waals surface area contributed by atoms with E-state index in [2.05, 4.69) is 77.4 Å². The number of unbranched alkanes of at least 4 members (excludes halogenated alkanes) is 4. The van der Waals surface area contributed by atoms with Crippen LogP contribution < -0.4 is 31.9 Å². The fourth-order valence-corrected chi connectivity index (χ4v) is 12.4. The monoisotopic (exact) mass is 1260 g/mol. The molecule has 2 aliphatic rings. The Labute approximate surface area is 519 Å². The summed E-state index contributed by atoms with van der Waals surface area (Å²) in [7, 11) is 3.11. The molecule has 0 saturated heterocycles. The maximum Gasteiger partial charge on any atom is 0.407 e. The zero-order chi connectivity index (χ0) is 63.5. The lowest BCUT2D eigenvalue weighted by Crippen LogP contribution is -2.48. The SMILES string of the molecule is CC(C)(C)SSCC(NC(=O)OCC1c2ccccc2-c2ccccc21)C(=O)NCCCCCC(=O)NC(CCC(=O)O)C(=O)O.O=C(O)CCC(NC(=O)CCCCCNC(=O)C(CS)NC(=O)OCC1c2ccccc2-c2ccccc21)C(=O)O. The van der Waals surface area contributed by atoms with Crippen molar-refractivity contribution in [3.63, 3.8) is 0 Å². The Morgan fingerprint density at radius 3 is 1.18 bits per heavy atom. The molecule has 0 saturated carbocycles. The van der Waals surface area contributed by atoms with Gasteiger partial charge in [0.1, 0.15) is 37.4 Å². The van der Waals surface area contributed by atoms with Crippen molar-refractivity contribution < 1.29 is 77.8 Å². The Morgan fingerprint density at radius 1 is 0.483 bits per heavy atom. The van der Waals surface area contributed by atoms with E-state index in [0.29, 0.717) is 57.4 Å². The first-order chi connectivity index (χ1) is 41.6. The number of carboxylic acids is 4. The summed E-state index contributed by atoms with van der Waals surface area (Å²) in [6.07, 6.45) is 0.907. The van der Waals surface area contributed by atoms with E-state index in [4.69, 9.17) is 24.8 Å². The first-order valence-corrected chi connectivity index (χ1v) is 31.7. The highest BCUT2D eigenvalue weighted by molar-refractivity contribution is 8.77. The van der Waals surface area contributed by atoms with Gasteiger partial charge in [-0.3, -0.25) is 28.8 Å². The summed E-state index contributed by atoms with van der Waals surface area (Å²) < 4.78 is 11.1. The van der Waals surface area contributed by atoms with Gasteiger partial charge in [-0.2, -0.15) is 12.6 Å². The molecule has 0 aromatic heterocycles. The molecular weight excluding hydrogens is 1180 g/mol. The van der Waals surface area contributed by atoms with Crippen LogP contribution in [0.25, 0.3) is 22.3 Å². The molecule has 0 fully saturated rings. The van der Waals surface area contributed by atoms with Gasteiger partial charge in [0.2, 0.25) is 23.6 Å². The van der Waals surface area contributed by atoms with Crippen LogP contribution in [-0.4, -0.2) is 147 Å². The molecule has 0 radical (unpaired) electrons. The van der Waals surface area contributed by atoms with Gasteiger partial charge in [0.05, 0.1) is 0 Å². The maximum absolute atomic E-state index is 13.1. The number of nitrogens with one attached hydrogen (secondary N) is 6. The summed E-state index contributed by atoms with van der Waals surface area (Å²) in [6.45, 7) is 7.11. The third kappa shape index (κ3) is 23.5. The van der Waals surface area contributed by atoms with Crippen LogP contribution in [-0.2, 0) is 47.8 Å². The van der Waals surface area contributed by atoms with E-state index < -0.39 is 78.0 Å². The summed E-state index contributed by atoms with van der Waals surface area (Å²) in [5, 5.41) is 51.3. The van der Waals surface area contributed by atoms with Gasteiger partial charge < -0.3 is 61.8 Å². The van der Waals surface area contributed by atoms with Crippen LogP contribution >= 0.6 is 34.2 Å². The predicted octanol–water partition coefficient (Wildman–Crippen LogP) is 8.12. The highest BCUT2D eigenvalue weighted by Crippen LogP contribution is 2.46. The number of benzene rings is 4. The van der Waals surface area contributed by atoms with Gasteiger partial charge in [-0.25, -0.2) is 19.2 Å². The number of carbonyl (C=O) groups excluding carboxylic acids is 6. The number of rotatable bonds is 34. The van der Waals surface area contributed by atoms with Crippen LogP contribution in [0.2, 0.25) is 0 Å². The smallest absolute Gasteiger partial charge is 0.407 e. The van der Waals surface area contributed by atoms with E-state index in [9.17, 15) is 53.1 Å². The summed E-state index contributed by atoms with van der Waals surface area (Å²) in [5.74, 6) is -6.32. The van der Waals surface area contributed by atoms with Crippen molar-refractivity contribution in [2.75, 3.05) is 37.8 Å². The van der Waals surface area contributed by atoms with Crippen LogP contribution in [0.15, 0.2) is 97.1 Å². The fourth-order valence-electron chi connectivity index (χ4n) is 9.65. The average Bonchev–Trinajstić information content (AvgIpc) is 1.79. The van der Waals surface area contributed by atoms with Crippen LogP contribution in [0.1, 0.15) is 132 Å². The summed E-state index contributed by atoms with van der Waals surface area (Å²) in [6, 6.07) is 27.9. The van der Waals surface area contributed by atoms with Crippen molar-refractivity contribution in [3.05, 3.63) is 119 Å². The quantitative estimate of drug-likeness (QED) is 0.0119. The standard InChI is InChI=1S/C33H43N3O8S2.C29H35N3O8S/c1-33(2,3)46-45-20-27(30(40)34-18-10-4-5-15-28(37)35-26(31(41)42)16-17-29(38)39)36-32(43)44-19-25-23-13-8-6-11-21(23)22-12-7-9-14-24(22)25;33-25(31-23(28(37)38)13-14-26(34)35)12-2-1-7-15-30-27(36)24(17-41)32-29(39)40-16-22-20-10-5-3-8-18(20)19-9-4-6-11-21(19)22/h6-9,11-14,25-27H,4-5,10,15-20H2,1-3H3,(H,34,40)(H,35,37)(H,36,43)(H,38,39)(H,41,42);3-6,8-11,22-24,41H,1-2,7,12-17H2,(H,30,36)(H,31,33)(H,32,39)(H,34,35)(H,37,38). The Bertz CT molecular complexity index is 2940.